The van der Waals surface area contributed by atoms with Gasteiger partial charge in [0.15, 0.2) is 0 Å². The van der Waals surface area contributed by atoms with E-state index in [0.717, 1.165) is 56.7 Å². The number of nitrogens with zero attached hydrogens (tertiary/aromatic N) is 1. The number of ether oxygens (including phenoxy) is 2. The topological polar surface area (TPSA) is 38.8 Å². The molecule has 0 amide bonds. The molecule has 0 bridgehead atoms. The lowest BCUT2D eigenvalue weighted by atomic mass is 9.74. The highest BCUT2D eigenvalue weighted by Crippen LogP contribution is 2.44. The Balaban J connectivity index is 1.47. The van der Waals surface area contributed by atoms with Gasteiger partial charge in [-0.2, -0.15) is 0 Å². The van der Waals surface area contributed by atoms with Gasteiger partial charge in [0, 0.05) is 17.4 Å². The number of benzene rings is 1. The van der Waals surface area contributed by atoms with Crippen LogP contribution in [0.5, 0.6) is 5.75 Å². The van der Waals surface area contributed by atoms with Crippen molar-refractivity contribution in [2.45, 2.75) is 57.5 Å². The molecule has 0 N–H and O–H groups in total. The number of esters is 1. The van der Waals surface area contributed by atoms with Crippen molar-refractivity contribution in [3.05, 3.63) is 23.8 Å². The van der Waals surface area contributed by atoms with Crippen LogP contribution in [0, 0.1) is 0 Å². The fourth-order valence-corrected chi connectivity index (χ4v) is 3.85. The van der Waals surface area contributed by atoms with Gasteiger partial charge in [-0.05, 0) is 65.7 Å². The minimum absolute atomic E-state index is 0.100. The standard InChI is InChI=1S/C20H28BNO3/c1-19(2,3)25-18(23)5-4-10-22-11-8-20(9-12-22)14-24-17-13-15(21)6-7-16(17)20/h6-7,13H,4-5,8-12,14H2,1-3H3. The van der Waals surface area contributed by atoms with Gasteiger partial charge in [-0.3, -0.25) is 4.79 Å². The highest BCUT2D eigenvalue weighted by Gasteiger charge is 2.42. The summed E-state index contributed by atoms with van der Waals surface area (Å²) in [6.07, 6.45) is 3.53. The Hall–Kier alpha value is -1.49. The van der Waals surface area contributed by atoms with Gasteiger partial charge in [-0.15, -0.1) is 0 Å². The number of carbonyl (C=O) groups excluding carboxylic acids is 1. The minimum Gasteiger partial charge on any atom is -0.492 e. The van der Waals surface area contributed by atoms with E-state index in [9.17, 15) is 4.79 Å². The number of likely N-dealkylation sites (tertiary alicyclic amines) is 1. The lowest BCUT2D eigenvalue weighted by Gasteiger charge is -2.38. The lowest BCUT2D eigenvalue weighted by Crippen LogP contribution is -2.44. The first kappa shape index (κ1) is 18.3. The molecule has 2 heterocycles. The third-order valence-electron chi connectivity index (χ3n) is 5.17. The van der Waals surface area contributed by atoms with E-state index in [1.807, 2.05) is 32.9 Å². The number of carbonyl (C=O) groups is 1. The molecule has 5 heteroatoms. The monoisotopic (exact) mass is 341 g/mol. The van der Waals surface area contributed by atoms with Crippen molar-refractivity contribution in [1.82, 2.24) is 4.90 Å². The van der Waals surface area contributed by atoms with E-state index in [1.54, 1.807) is 0 Å². The smallest absolute Gasteiger partial charge is 0.306 e. The summed E-state index contributed by atoms with van der Waals surface area (Å²) < 4.78 is 11.3. The average Bonchev–Trinajstić information content (AvgIpc) is 2.85. The molecule has 0 saturated carbocycles. The van der Waals surface area contributed by atoms with Gasteiger partial charge in [0.1, 0.15) is 19.2 Å². The van der Waals surface area contributed by atoms with Crippen molar-refractivity contribution < 1.29 is 14.3 Å². The number of rotatable bonds is 4. The molecule has 0 aliphatic carbocycles. The maximum absolute atomic E-state index is 11.8. The zero-order valence-corrected chi connectivity index (χ0v) is 15.6. The number of fused-ring (bicyclic) bond motifs is 2. The van der Waals surface area contributed by atoms with Crippen LogP contribution in [0.15, 0.2) is 18.2 Å². The van der Waals surface area contributed by atoms with Crippen LogP contribution in [-0.2, 0) is 14.9 Å². The first-order valence-corrected chi connectivity index (χ1v) is 9.24. The second-order valence-corrected chi connectivity index (χ2v) is 8.36. The van der Waals surface area contributed by atoms with Gasteiger partial charge in [-0.25, -0.2) is 0 Å². The fourth-order valence-electron chi connectivity index (χ4n) is 3.85. The first-order chi connectivity index (χ1) is 11.8. The van der Waals surface area contributed by atoms with Crippen LogP contribution >= 0.6 is 0 Å². The van der Waals surface area contributed by atoms with E-state index in [0.29, 0.717) is 6.42 Å². The predicted molar refractivity (Wildman–Crippen MR) is 99.8 cm³/mol. The van der Waals surface area contributed by atoms with Gasteiger partial charge < -0.3 is 14.4 Å². The van der Waals surface area contributed by atoms with Gasteiger partial charge in [-0.1, -0.05) is 17.6 Å². The van der Waals surface area contributed by atoms with Crippen molar-refractivity contribution in [2.24, 2.45) is 0 Å². The number of hydrogen-bond donors (Lipinski definition) is 0. The molecule has 0 unspecified atom stereocenters. The largest absolute Gasteiger partial charge is 0.492 e. The molecular formula is C20H28BNO3. The second-order valence-electron chi connectivity index (χ2n) is 8.36. The normalized spacial score (nSPS) is 19.5. The van der Waals surface area contributed by atoms with Crippen molar-refractivity contribution in [3.63, 3.8) is 0 Å². The van der Waals surface area contributed by atoms with Gasteiger partial charge in [0.2, 0.25) is 0 Å². The highest BCUT2D eigenvalue weighted by molar-refractivity contribution is 6.32. The summed E-state index contributed by atoms with van der Waals surface area (Å²) in [5.41, 5.74) is 1.82. The van der Waals surface area contributed by atoms with Crippen LogP contribution in [-0.4, -0.2) is 50.6 Å². The van der Waals surface area contributed by atoms with Crippen LogP contribution in [0.25, 0.3) is 0 Å². The molecule has 1 spiro atoms. The second kappa shape index (κ2) is 7.03. The van der Waals surface area contributed by atoms with Crippen molar-refractivity contribution >= 4 is 19.3 Å². The summed E-state index contributed by atoms with van der Waals surface area (Å²) in [7, 11) is 5.86. The molecule has 1 aromatic rings. The van der Waals surface area contributed by atoms with Crippen molar-refractivity contribution in [2.75, 3.05) is 26.2 Å². The molecule has 1 saturated heterocycles. The molecule has 3 rings (SSSR count). The lowest BCUT2D eigenvalue weighted by molar-refractivity contribution is -0.155. The molecule has 0 aromatic heterocycles. The maximum atomic E-state index is 11.8. The zero-order valence-electron chi connectivity index (χ0n) is 15.6. The van der Waals surface area contributed by atoms with E-state index in [4.69, 9.17) is 17.3 Å². The quantitative estimate of drug-likeness (QED) is 0.622. The third-order valence-corrected chi connectivity index (χ3v) is 5.17. The Morgan fingerprint density at radius 2 is 2.04 bits per heavy atom. The van der Waals surface area contributed by atoms with Gasteiger partial charge in [0.05, 0.1) is 6.61 Å². The SMILES string of the molecule is [B]c1ccc2c(c1)OCC21CCN(CCCC(=O)OC(C)(C)C)CC1. The summed E-state index contributed by atoms with van der Waals surface area (Å²) in [5.74, 6) is 0.857. The summed E-state index contributed by atoms with van der Waals surface area (Å²) in [6, 6.07) is 6.05. The number of piperidine rings is 1. The molecule has 2 radical (unpaired) electrons. The third kappa shape index (κ3) is 4.38. The number of hydrogen-bond acceptors (Lipinski definition) is 4. The maximum Gasteiger partial charge on any atom is 0.306 e. The molecule has 2 aliphatic rings. The average molecular weight is 341 g/mol. The summed E-state index contributed by atoms with van der Waals surface area (Å²) in [4.78, 5) is 14.3. The molecule has 4 nitrogen and oxygen atoms in total. The van der Waals surface area contributed by atoms with Crippen LogP contribution in [0.2, 0.25) is 0 Å². The van der Waals surface area contributed by atoms with Crippen molar-refractivity contribution in [1.29, 1.82) is 0 Å². The molecule has 2 aliphatic heterocycles. The summed E-state index contributed by atoms with van der Waals surface area (Å²) >= 11 is 0. The van der Waals surface area contributed by atoms with Crippen LogP contribution < -0.4 is 10.2 Å². The molecule has 134 valence electrons. The zero-order chi connectivity index (χ0) is 18.1. The predicted octanol–water partition coefficient (Wildman–Crippen LogP) is 2.33. The molecule has 25 heavy (non-hydrogen) atoms. The van der Waals surface area contributed by atoms with Crippen LogP contribution in [0.4, 0.5) is 0 Å². The molecular weight excluding hydrogens is 313 g/mol. The van der Waals surface area contributed by atoms with E-state index >= 15 is 0 Å². The highest BCUT2D eigenvalue weighted by atomic mass is 16.6. The minimum atomic E-state index is -0.395. The fraction of sp³-hybridized carbons (Fsp3) is 0.650. The Labute approximate surface area is 152 Å². The molecule has 1 fully saturated rings. The summed E-state index contributed by atoms with van der Waals surface area (Å²) in [6.45, 7) is 9.52. The summed E-state index contributed by atoms with van der Waals surface area (Å²) in [5, 5.41) is 0. The van der Waals surface area contributed by atoms with E-state index in [2.05, 4.69) is 11.0 Å². The Kier molecular flexibility index (Phi) is 5.15. The molecule has 1 aromatic carbocycles. The van der Waals surface area contributed by atoms with E-state index in [-0.39, 0.29) is 11.4 Å². The Morgan fingerprint density at radius 1 is 1.32 bits per heavy atom. The van der Waals surface area contributed by atoms with Gasteiger partial charge in [0.25, 0.3) is 0 Å². The molecule has 0 atom stereocenters. The van der Waals surface area contributed by atoms with Crippen LogP contribution in [0.3, 0.4) is 0 Å². The van der Waals surface area contributed by atoms with Crippen molar-refractivity contribution in [3.8, 4) is 5.75 Å². The van der Waals surface area contributed by atoms with Gasteiger partial charge >= 0.3 is 5.97 Å². The van der Waals surface area contributed by atoms with E-state index in [1.165, 1.54) is 5.56 Å². The first-order valence-electron chi connectivity index (χ1n) is 9.24. The van der Waals surface area contributed by atoms with E-state index < -0.39 is 5.60 Å². The Bertz CT molecular complexity index is 630. The Morgan fingerprint density at radius 3 is 2.72 bits per heavy atom. The van der Waals surface area contributed by atoms with Crippen LogP contribution in [0.1, 0.15) is 52.0 Å².